The van der Waals surface area contributed by atoms with Crippen molar-refractivity contribution in [3.05, 3.63) is 35.0 Å². The molecule has 0 saturated carbocycles. The van der Waals surface area contributed by atoms with Gasteiger partial charge in [0.05, 0.1) is 0 Å². The normalized spacial score (nSPS) is 11.2. The van der Waals surface area contributed by atoms with E-state index in [4.69, 9.17) is 0 Å². The van der Waals surface area contributed by atoms with Gasteiger partial charge in [-0.1, -0.05) is 6.07 Å². The lowest BCUT2D eigenvalue weighted by molar-refractivity contribution is 0.791. The molecule has 0 unspecified atom stereocenters. The van der Waals surface area contributed by atoms with E-state index >= 15 is 0 Å². The van der Waals surface area contributed by atoms with Gasteiger partial charge in [0, 0.05) is 24.1 Å². The van der Waals surface area contributed by atoms with Crippen LogP contribution < -0.4 is 5.32 Å². The number of aryl methyl sites for hydroxylation is 3. The lowest BCUT2D eigenvalue weighted by Gasteiger charge is -2.04. The summed E-state index contributed by atoms with van der Waals surface area (Å²) in [5.74, 6) is 0. The fourth-order valence-electron chi connectivity index (χ4n) is 2.46. The molecule has 0 amide bonds. The topological polar surface area (TPSA) is 17.0 Å². The maximum Gasteiger partial charge on any atom is 0.0485 e. The van der Waals surface area contributed by atoms with Crippen LogP contribution in [0.2, 0.25) is 0 Å². The highest BCUT2D eigenvalue weighted by Crippen LogP contribution is 2.25. The van der Waals surface area contributed by atoms with E-state index in [1.165, 1.54) is 27.6 Å². The van der Waals surface area contributed by atoms with Gasteiger partial charge in [-0.15, -0.1) is 0 Å². The minimum atomic E-state index is 1.03. The maximum absolute atomic E-state index is 3.21. The van der Waals surface area contributed by atoms with Crippen LogP contribution in [0.4, 0.5) is 0 Å². The predicted octanol–water partition coefficient (Wildman–Crippen LogP) is 2.56. The number of hydrogen-bond donors (Lipinski definition) is 1. The van der Waals surface area contributed by atoms with Gasteiger partial charge in [0.25, 0.3) is 0 Å². The molecule has 16 heavy (non-hydrogen) atoms. The largest absolute Gasteiger partial charge is 0.350 e. The van der Waals surface area contributed by atoms with Gasteiger partial charge in [-0.3, -0.25) is 0 Å². The smallest absolute Gasteiger partial charge is 0.0485 e. The second kappa shape index (κ2) is 4.30. The molecule has 0 bridgehead atoms. The molecule has 1 N–H and O–H groups in total. The first-order valence-corrected chi connectivity index (χ1v) is 5.83. The number of likely N-dealkylation sites (N-methyl/N-ethyl adjacent to an activating group) is 1. The predicted molar refractivity (Wildman–Crippen MR) is 70.0 cm³/mol. The summed E-state index contributed by atoms with van der Waals surface area (Å²) in [6, 6.07) is 4.54. The van der Waals surface area contributed by atoms with Gasteiger partial charge in [-0.2, -0.15) is 0 Å². The van der Waals surface area contributed by atoms with Crippen LogP contribution in [0, 0.1) is 13.8 Å². The average molecular weight is 216 g/mol. The van der Waals surface area contributed by atoms with E-state index in [1.54, 1.807) is 0 Å². The standard InChI is InChI=1S/C14H20N2/c1-10-7-11(2)14-12(5-6-15-3)9-16(4)13(14)8-10/h7-9,15H,5-6H2,1-4H3. The van der Waals surface area contributed by atoms with Crippen molar-refractivity contribution in [1.82, 2.24) is 9.88 Å². The number of aromatic nitrogens is 1. The Hall–Kier alpha value is -1.28. The second-order valence-electron chi connectivity index (χ2n) is 4.59. The summed E-state index contributed by atoms with van der Waals surface area (Å²) in [7, 11) is 4.13. The van der Waals surface area contributed by atoms with Crippen LogP contribution in [-0.4, -0.2) is 18.2 Å². The molecule has 0 fully saturated rings. The van der Waals surface area contributed by atoms with E-state index in [-0.39, 0.29) is 0 Å². The van der Waals surface area contributed by atoms with Crippen LogP contribution in [0.3, 0.4) is 0 Å². The summed E-state index contributed by atoms with van der Waals surface area (Å²) >= 11 is 0. The number of nitrogens with zero attached hydrogens (tertiary/aromatic N) is 1. The van der Waals surface area contributed by atoms with E-state index < -0.39 is 0 Å². The Morgan fingerprint density at radius 1 is 1.25 bits per heavy atom. The molecule has 2 heteroatoms. The van der Waals surface area contributed by atoms with Crippen LogP contribution in [0.25, 0.3) is 10.9 Å². The fraction of sp³-hybridized carbons (Fsp3) is 0.429. The minimum absolute atomic E-state index is 1.03. The van der Waals surface area contributed by atoms with Crippen molar-refractivity contribution >= 4 is 10.9 Å². The number of rotatable bonds is 3. The molecule has 0 aliphatic heterocycles. The molecule has 0 aliphatic rings. The molecule has 1 aromatic carbocycles. The van der Waals surface area contributed by atoms with E-state index in [1.807, 2.05) is 7.05 Å². The van der Waals surface area contributed by atoms with Crippen molar-refractivity contribution in [2.24, 2.45) is 7.05 Å². The molecule has 0 radical (unpaired) electrons. The zero-order valence-corrected chi connectivity index (χ0v) is 10.6. The van der Waals surface area contributed by atoms with Crippen molar-refractivity contribution in [3.63, 3.8) is 0 Å². The highest BCUT2D eigenvalue weighted by Gasteiger charge is 2.08. The van der Waals surface area contributed by atoms with Crippen molar-refractivity contribution in [2.75, 3.05) is 13.6 Å². The van der Waals surface area contributed by atoms with Crippen LogP contribution in [-0.2, 0) is 13.5 Å². The zero-order chi connectivity index (χ0) is 11.7. The summed E-state index contributed by atoms with van der Waals surface area (Å²) in [6.45, 7) is 5.40. The number of fused-ring (bicyclic) bond motifs is 1. The molecule has 0 atom stereocenters. The molecular weight excluding hydrogens is 196 g/mol. The van der Waals surface area contributed by atoms with Crippen molar-refractivity contribution in [2.45, 2.75) is 20.3 Å². The van der Waals surface area contributed by atoms with Crippen LogP contribution in [0.15, 0.2) is 18.3 Å². The van der Waals surface area contributed by atoms with E-state index in [0.29, 0.717) is 0 Å². The van der Waals surface area contributed by atoms with Crippen molar-refractivity contribution < 1.29 is 0 Å². The van der Waals surface area contributed by atoms with Gasteiger partial charge in [0.15, 0.2) is 0 Å². The first-order valence-electron chi connectivity index (χ1n) is 5.83. The third-order valence-corrected chi connectivity index (χ3v) is 3.15. The Morgan fingerprint density at radius 3 is 2.69 bits per heavy atom. The molecular formula is C14H20N2. The quantitative estimate of drug-likeness (QED) is 0.834. The van der Waals surface area contributed by atoms with Gasteiger partial charge in [-0.05, 0) is 56.6 Å². The van der Waals surface area contributed by atoms with Crippen molar-refractivity contribution in [3.8, 4) is 0 Å². The van der Waals surface area contributed by atoms with Gasteiger partial charge in [-0.25, -0.2) is 0 Å². The Balaban J connectivity index is 2.59. The molecule has 0 aliphatic carbocycles. The SMILES string of the molecule is CNCCc1cn(C)c2cc(C)cc(C)c12. The Morgan fingerprint density at radius 2 is 2.00 bits per heavy atom. The average Bonchev–Trinajstić information content (AvgIpc) is 2.53. The van der Waals surface area contributed by atoms with E-state index in [9.17, 15) is 0 Å². The second-order valence-corrected chi connectivity index (χ2v) is 4.59. The highest BCUT2D eigenvalue weighted by atomic mass is 14.9. The minimum Gasteiger partial charge on any atom is -0.350 e. The summed E-state index contributed by atoms with van der Waals surface area (Å²) < 4.78 is 2.24. The number of nitrogens with one attached hydrogen (secondary N) is 1. The van der Waals surface area contributed by atoms with Crippen LogP contribution in [0.5, 0.6) is 0 Å². The number of benzene rings is 1. The molecule has 86 valence electrons. The Bertz CT molecular complexity index is 509. The van der Waals surface area contributed by atoms with Gasteiger partial charge in [0.1, 0.15) is 0 Å². The first kappa shape index (κ1) is 11.2. The molecule has 2 rings (SSSR count). The Labute approximate surface area is 97.3 Å². The summed E-state index contributed by atoms with van der Waals surface area (Å²) in [5.41, 5.74) is 5.53. The molecule has 0 spiro atoms. The first-order chi connectivity index (χ1) is 7.63. The monoisotopic (exact) mass is 216 g/mol. The number of hydrogen-bond acceptors (Lipinski definition) is 1. The third-order valence-electron chi connectivity index (χ3n) is 3.15. The third kappa shape index (κ3) is 1.85. The molecule has 2 nitrogen and oxygen atoms in total. The maximum atomic E-state index is 3.21. The van der Waals surface area contributed by atoms with Crippen LogP contribution >= 0.6 is 0 Å². The van der Waals surface area contributed by atoms with E-state index in [0.717, 1.165) is 13.0 Å². The highest BCUT2D eigenvalue weighted by molar-refractivity contribution is 5.87. The zero-order valence-electron chi connectivity index (χ0n) is 10.6. The van der Waals surface area contributed by atoms with Gasteiger partial charge >= 0.3 is 0 Å². The molecule has 1 aromatic heterocycles. The fourth-order valence-corrected chi connectivity index (χ4v) is 2.46. The lowest BCUT2D eigenvalue weighted by atomic mass is 10.0. The Kier molecular flexibility index (Phi) is 3.01. The molecule has 2 aromatic rings. The van der Waals surface area contributed by atoms with Crippen molar-refractivity contribution in [1.29, 1.82) is 0 Å². The summed E-state index contributed by atoms with van der Waals surface area (Å²) in [4.78, 5) is 0. The van der Waals surface area contributed by atoms with E-state index in [2.05, 4.69) is 49.1 Å². The van der Waals surface area contributed by atoms with Crippen LogP contribution in [0.1, 0.15) is 16.7 Å². The van der Waals surface area contributed by atoms with Gasteiger partial charge < -0.3 is 9.88 Å². The van der Waals surface area contributed by atoms with Gasteiger partial charge in [0.2, 0.25) is 0 Å². The lowest BCUT2D eigenvalue weighted by Crippen LogP contribution is -2.10. The summed E-state index contributed by atoms with van der Waals surface area (Å²) in [6.07, 6.45) is 3.35. The molecule has 1 heterocycles. The summed E-state index contributed by atoms with van der Waals surface area (Å²) in [5, 5.41) is 4.65. The molecule has 0 saturated heterocycles.